The number of hydrogen-bond donors (Lipinski definition) is 0. The van der Waals surface area contributed by atoms with Crippen molar-refractivity contribution in [2.75, 3.05) is 26.2 Å². The molecular weight excluding hydrogens is 268 g/mol. The largest absolute Gasteiger partial charge is 0.509 e. The molecule has 1 aromatic carbocycles. The van der Waals surface area contributed by atoms with Gasteiger partial charge < -0.3 is 17.8 Å². The summed E-state index contributed by atoms with van der Waals surface area (Å²) < 4.78 is 38.1. The molecule has 0 atom stereocenters. The van der Waals surface area contributed by atoms with E-state index in [2.05, 4.69) is 4.90 Å². The summed E-state index contributed by atoms with van der Waals surface area (Å²) in [6.07, 6.45) is 0. The summed E-state index contributed by atoms with van der Waals surface area (Å²) in [5.41, 5.74) is 0.114. The number of amides is 1. The minimum Gasteiger partial charge on any atom is -0.445 e. The topological polar surface area (TPSA) is 23.6 Å². The molecule has 1 amide bonds. The number of halogens is 3. The molecule has 1 aromatic rings. The number of benzene rings is 1. The third-order valence-corrected chi connectivity index (χ3v) is 3.55. The molecule has 3 nitrogen and oxygen atoms in total. The van der Waals surface area contributed by atoms with Crippen molar-refractivity contribution in [1.82, 2.24) is 9.80 Å². The van der Waals surface area contributed by atoms with Crippen LogP contribution in [0, 0.1) is 0 Å². The summed E-state index contributed by atoms with van der Waals surface area (Å²) in [5.74, 6) is 0.0476. The lowest BCUT2D eigenvalue weighted by Crippen LogP contribution is -2.47. The summed E-state index contributed by atoms with van der Waals surface area (Å²) in [7, 11) is 0. The monoisotopic (exact) mass is 285 g/mol. The van der Waals surface area contributed by atoms with E-state index < -0.39 is 12.4 Å². The van der Waals surface area contributed by atoms with Crippen molar-refractivity contribution >= 4 is 18.3 Å². The highest BCUT2D eigenvalue weighted by molar-refractivity contribution is 6.73. The van der Waals surface area contributed by atoms with Crippen LogP contribution in [0.4, 0.5) is 12.9 Å². The molecule has 110 valence electrons. The molecule has 0 radical (unpaired) electrons. The number of piperazine rings is 1. The van der Waals surface area contributed by atoms with E-state index in [0.29, 0.717) is 38.3 Å². The molecule has 0 spiro atoms. The second kappa shape index (κ2) is 5.87. The molecule has 1 aliphatic heterocycles. The second-order valence-corrected chi connectivity index (χ2v) is 5.10. The first kappa shape index (κ1) is 14.9. The van der Waals surface area contributed by atoms with Gasteiger partial charge in [0.05, 0.1) is 0 Å². The highest BCUT2D eigenvalue weighted by Crippen LogP contribution is 2.12. The van der Waals surface area contributed by atoms with Crippen molar-refractivity contribution in [2.24, 2.45) is 0 Å². The minimum atomic E-state index is -4.94. The van der Waals surface area contributed by atoms with Crippen LogP contribution in [0.1, 0.15) is 12.5 Å². The van der Waals surface area contributed by atoms with Gasteiger partial charge in [-0.05, 0) is 5.56 Å². The maximum atomic E-state index is 12.7. The quantitative estimate of drug-likeness (QED) is 0.784. The Bertz CT molecular complexity index is 485. The van der Waals surface area contributed by atoms with Crippen LogP contribution in [-0.2, 0) is 11.3 Å². The first-order valence-corrected chi connectivity index (χ1v) is 6.63. The fourth-order valence-corrected chi connectivity index (χ4v) is 2.37. The molecule has 0 unspecified atom stereocenters. The SMILES string of the molecule is CC(=O)N1CCN(Cc2cccc([B-](F)(F)F)c2)CC1. The van der Waals surface area contributed by atoms with Crippen LogP contribution in [-0.4, -0.2) is 48.9 Å². The molecule has 1 fully saturated rings. The van der Waals surface area contributed by atoms with Crippen LogP contribution in [0.3, 0.4) is 0 Å². The molecule has 20 heavy (non-hydrogen) atoms. The van der Waals surface area contributed by atoms with Gasteiger partial charge in [-0.3, -0.25) is 9.69 Å². The van der Waals surface area contributed by atoms with Crippen molar-refractivity contribution in [3.05, 3.63) is 29.8 Å². The Morgan fingerprint density at radius 1 is 1.20 bits per heavy atom. The zero-order valence-corrected chi connectivity index (χ0v) is 11.4. The van der Waals surface area contributed by atoms with Crippen molar-refractivity contribution < 1.29 is 17.7 Å². The van der Waals surface area contributed by atoms with Crippen molar-refractivity contribution in [1.29, 1.82) is 0 Å². The normalized spacial score (nSPS) is 17.3. The van der Waals surface area contributed by atoms with Gasteiger partial charge in [-0.25, -0.2) is 0 Å². The van der Waals surface area contributed by atoms with Crippen LogP contribution in [0.2, 0.25) is 0 Å². The molecule has 7 heteroatoms. The van der Waals surface area contributed by atoms with E-state index >= 15 is 0 Å². The van der Waals surface area contributed by atoms with Crippen molar-refractivity contribution in [3.63, 3.8) is 0 Å². The predicted molar refractivity (Wildman–Crippen MR) is 72.7 cm³/mol. The molecule has 2 rings (SSSR count). The average Bonchev–Trinajstić information content (AvgIpc) is 2.38. The van der Waals surface area contributed by atoms with E-state index in [1.165, 1.54) is 19.1 Å². The van der Waals surface area contributed by atoms with E-state index in [1.807, 2.05) is 0 Å². The Hall–Kier alpha value is -1.50. The van der Waals surface area contributed by atoms with Crippen LogP contribution >= 0.6 is 0 Å². The van der Waals surface area contributed by atoms with E-state index in [9.17, 15) is 17.7 Å². The molecular formula is C13H17BF3N2O-. The lowest BCUT2D eigenvalue weighted by molar-refractivity contribution is -0.130. The van der Waals surface area contributed by atoms with E-state index in [0.717, 1.165) is 6.07 Å². The van der Waals surface area contributed by atoms with Gasteiger partial charge in [0.2, 0.25) is 5.91 Å². The molecule has 0 aliphatic carbocycles. The number of carbonyl (C=O) groups excluding carboxylic acids is 1. The summed E-state index contributed by atoms with van der Waals surface area (Å²) in [4.78, 5) is 15.0. The van der Waals surface area contributed by atoms with Gasteiger partial charge in [-0.2, -0.15) is 0 Å². The number of hydrogen-bond acceptors (Lipinski definition) is 2. The number of rotatable bonds is 3. The fraction of sp³-hybridized carbons (Fsp3) is 0.462. The summed E-state index contributed by atoms with van der Waals surface area (Å²) in [6, 6.07) is 5.49. The first-order valence-electron chi connectivity index (χ1n) is 6.63. The van der Waals surface area contributed by atoms with Crippen LogP contribution < -0.4 is 5.46 Å². The molecule has 0 saturated carbocycles. The highest BCUT2D eigenvalue weighted by Gasteiger charge is 2.25. The van der Waals surface area contributed by atoms with E-state index in [-0.39, 0.29) is 5.91 Å². The number of nitrogens with zero attached hydrogens (tertiary/aromatic N) is 2. The average molecular weight is 285 g/mol. The van der Waals surface area contributed by atoms with Gasteiger partial charge in [-0.1, -0.05) is 24.3 Å². The lowest BCUT2D eigenvalue weighted by Gasteiger charge is -2.34. The lowest BCUT2D eigenvalue weighted by atomic mass is 9.79. The third-order valence-electron chi connectivity index (χ3n) is 3.55. The van der Waals surface area contributed by atoms with E-state index in [4.69, 9.17) is 0 Å². The highest BCUT2D eigenvalue weighted by atomic mass is 19.4. The van der Waals surface area contributed by atoms with Crippen molar-refractivity contribution in [2.45, 2.75) is 13.5 Å². The van der Waals surface area contributed by atoms with E-state index in [1.54, 1.807) is 11.0 Å². The van der Waals surface area contributed by atoms with Gasteiger partial charge in [0, 0.05) is 39.6 Å². The Labute approximate surface area is 116 Å². The zero-order valence-electron chi connectivity index (χ0n) is 11.4. The molecule has 1 heterocycles. The van der Waals surface area contributed by atoms with Crippen LogP contribution in [0.15, 0.2) is 24.3 Å². The summed E-state index contributed by atoms with van der Waals surface area (Å²) in [5, 5.41) is 0. The molecule has 0 bridgehead atoms. The fourth-order valence-electron chi connectivity index (χ4n) is 2.37. The Kier molecular flexibility index (Phi) is 4.37. The second-order valence-electron chi connectivity index (χ2n) is 5.10. The maximum Gasteiger partial charge on any atom is 0.509 e. The summed E-state index contributed by atoms with van der Waals surface area (Å²) >= 11 is 0. The smallest absolute Gasteiger partial charge is 0.445 e. The van der Waals surface area contributed by atoms with Crippen molar-refractivity contribution in [3.8, 4) is 0 Å². The van der Waals surface area contributed by atoms with Gasteiger partial charge in [-0.15, -0.1) is 5.46 Å². The molecule has 0 N–H and O–H groups in total. The third kappa shape index (κ3) is 3.76. The van der Waals surface area contributed by atoms with Gasteiger partial charge in [0.25, 0.3) is 0 Å². The predicted octanol–water partition coefficient (Wildman–Crippen LogP) is 1.41. The number of carbonyl (C=O) groups is 1. The Morgan fingerprint density at radius 3 is 2.40 bits per heavy atom. The van der Waals surface area contributed by atoms with Crippen LogP contribution in [0.5, 0.6) is 0 Å². The zero-order chi connectivity index (χ0) is 14.8. The standard InChI is InChI=1S/C13H17BF3N2O/c1-11(20)19-7-5-18(6-8-19)10-12-3-2-4-13(9-12)14(15,16)17/h2-4,9H,5-8,10H2,1H3/q-1. The molecule has 1 saturated heterocycles. The van der Waals surface area contributed by atoms with Gasteiger partial charge >= 0.3 is 6.98 Å². The minimum absolute atomic E-state index is 0.0476. The van der Waals surface area contributed by atoms with Gasteiger partial charge in [0.1, 0.15) is 0 Å². The van der Waals surface area contributed by atoms with Gasteiger partial charge in [0.15, 0.2) is 0 Å². The molecule has 1 aliphatic rings. The summed E-state index contributed by atoms with van der Waals surface area (Å²) in [6.45, 7) is -0.255. The molecule has 0 aromatic heterocycles. The van der Waals surface area contributed by atoms with Crippen LogP contribution in [0.25, 0.3) is 0 Å². The Morgan fingerprint density at radius 2 is 1.85 bits per heavy atom. The Balaban J connectivity index is 1.96. The maximum absolute atomic E-state index is 12.7. The first-order chi connectivity index (χ1) is 9.36.